The normalized spacial score (nSPS) is 18.1. The molecule has 1 aliphatic rings. The van der Waals surface area contributed by atoms with Gasteiger partial charge >= 0.3 is 0 Å². The molecule has 0 radical (unpaired) electrons. The van der Waals surface area contributed by atoms with Crippen LogP contribution in [-0.2, 0) is 9.59 Å². The molecule has 4 heteroatoms. The number of aldehydes is 1. The summed E-state index contributed by atoms with van der Waals surface area (Å²) in [5.74, 6) is -0.0959. The van der Waals surface area contributed by atoms with Crippen LogP contribution in [0.15, 0.2) is 12.2 Å². The van der Waals surface area contributed by atoms with Crippen molar-refractivity contribution < 1.29 is 9.59 Å². The second-order valence-electron chi connectivity index (χ2n) is 4.28. The number of nitrogens with zero attached hydrogens (tertiary/aromatic N) is 2. The van der Waals surface area contributed by atoms with Gasteiger partial charge in [0.05, 0.1) is 5.54 Å². The van der Waals surface area contributed by atoms with Crippen molar-refractivity contribution in [1.82, 2.24) is 9.80 Å². The van der Waals surface area contributed by atoms with Crippen LogP contribution in [0.1, 0.15) is 12.8 Å². The van der Waals surface area contributed by atoms with Crippen LogP contribution < -0.4 is 0 Å². The maximum atomic E-state index is 11.6. The Morgan fingerprint density at radius 3 is 2.33 bits per heavy atom. The van der Waals surface area contributed by atoms with E-state index in [2.05, 4.69) is 0 Å². The summed E-state index contributed by atoms with van der Waals surface area (Å²) in [5.41, 5.74) is -0.500. The SMILES string of the molecule is CN(C)C/C=C/C(=O)N(C)C1(C=O)CC1. The Morgan fingerprint density at radius 2 is 1.93 bits per heavy atom. The average molecular weight is 210 g/mol. The lowest BCUT2D eigenvalue weighted by Crippen LogP contribution is -2.39. The molecule has 15 heavy (non-hydrogen) atoms. The Morgan fingerprint density at radius 1 is 1.33 bits per heavy atom. The van der Waals surface area contributed by atoms with Crippen molar-refractivity contribution >= 4 is 12.2 Å². The molecule has 0 aromatic rings. The highest BCUT2D eigenvalue weighted by molar-refractivity contribution is 5.91. The minimum Gasteiger partial charge on any atom is -0.330 e. The molecule has 0 aromatic carbocycles. The minimum atomic E-state index is -0.500. The number of likely N-dealkylation sites (N-methyl/N-ethyl adjacent to an activating group) is 2. The lowest BCUT2D eigenvalue weighted by molar-refractivity contribution is -0.131. The van der Waals surface area contributed by atoms with Crippen LogP contribution in [0, 0.1) is 0 Å². The molecule has 0 saturated heterocycles. The lowest BCUT2D eigenvalue weighted by Gasteiger charge is -2.21. The Hall–Kier alpha value is -1.16. The number of carbonyl (C=O) groups is 2. The first kappa shape index (κ1) is 11.9. The zero-order valence-electron chi connectivity index (χ0n) is 9.56. The molecule has 0 aromatic heterocycles. The van der Waals surface area contributed by atoms with Crippen molar-refractivity contribution in [3.05, 3.63) is 12.2 Å². The molecule has 1 amide bonds. The standard InChI is InChI=1S/C11H18N2O2/c1-12(2)8-4-5-10(15)13(3)11(9-14)6-7-11/h4-5,9H,6-8H2,1-3H3/b5-4+. The molecule has 1 saturated carbocycles. The van der Waals surface area contributed by atoms with E-state index in [1.807, 2.05) is 19.0 Å². The largest absolute Gasteiger partial charge is 0.330 e. The van der Waals surface area contributed by atoms with Gasteiger partial charge in [0.2, 0.25) is 5.91 Å². The highest BCUT2D eigenvalue weighted by Gasteiger charge is 2.48. The summed E-state index contributed by atoms with van der Waals surface area (Å²) in [4.78, 5) is 25.9. The molecule has 1 aliphatic carbocycles. The third-order valence-corrected chi connectivity index (χ3v) is 2.71. The van der Waals surface area contributed by atoms with E-state index in [1.165, 1.54) is 11.0 Å². The van der Waals surface area contributed by atoms with Gasteiger partial charge in [-0.05, 0) is 26.9 Å². The topological polar surface area (TPSA) is 40.6 Å². The van der Waals surface area contributed by atoms with Crippen LogP contribution in [0.4, 0.5) is 0 Å². The fourth-order valence-corrected chi connectivity index (χ4v) is 1.36. The van der Waals surface area contributed by atoms with Crippen LogP contribution in [0.3, 0.4) is 0 Å². The molecule has 0 N–H and O–H groups in total. The second kappa shape index (κ2) is 4.57. The number of carbonyl (C=O) groups excluding carboxylic acids is 2. The Labute approximate surface area is 90.5 Å². The van der Waals surface area contributed by atoms with Gasteiger partial charge in [0.15, 0.2) is 0 Å². The fourth-order valence-electron chi connectivity index (χ4n) is 1.36. The van der Waals surface area contributed by atoms with E-state index in [1.54, 1.807) is 13.1 Å². The van der Waals surface area contributed by atoms with Crippen molar-refractivity contribution in [1.29, 1.82) is 0 Å². The molecular formula is C11H18N2O2. The van der Waals surface area contributed by atoms with Crippen LogP contribution in [0.2, 0.25) is 0 Å². The summed E-state index contributed by atoms with van der Waals surface area (Å²) in [6.07, 6.45) is 5.80. The average Bonchev–Trinajstić information content (AvgIpc) is 2.96. The summed E-state index contributed by atoms with van der Waals surface area (Å²) in [7, 11) is 5.56. The number of hydrogen-bond acceptors (Lipinski definition) is 3. The lowest BCUT2D eigenvalue weighted by atomic mass is 10.2. The van der Waals surface area contributed by atoms with Crippen molar-refractivity contribution in [2.75, 3.05) is 27.7 Å². The minimum absolute atomic E-state index is 0.0959. The van der Waals surface area contributed by atoms with E-state index in [0.717, 1.165) is 25.7 Å². The summed E-state index contributed by atoms with van der Waals surface area (Å²) in [5, 5.41) is 0. The third kappa shape index (κ3) is 2.89. The van der Waals surface area contributed by atoms with Gasteiger partial charge in [-0.15, -0.1) is 0 Å². The molecule has 1 fully saturated rings. The summed E-state index contributed by atoms with van der Waals surface area (Å²) >= 11 is 0. The third-order valence-electron chi connectivity index (χ3n) is 2.71. The van der Waals surface area contributed by atoms with Crippen molar-refractivity contribution in [2.45, 2.75) is 18.4 Å². The highest BCUT2D eigenvalue weighted by Crippen LogP contribution is 2.38. The van der Waals surface area contributed by atoms with E-state index < -0.39 is 5.54 Å². The molecular weight excluding hydrogens is 192 g/mol. The fraction of sp³-hybridized carbons (Fsp3) is 0.636. The van der Waals surface area contributed by atoms with E-state index >= 15 is 0 Å². The smallest absolute Gasteiger partial charge is 0.246 e. The molecule has 1 rings (SSSR count). The number of amides is 1. The molecule has 0 bridgehead atoms. The van der Waals surface area contributed by atoms with Crippen molar-refractivity contribution in [3.63, 3.8) is 0 Å². The van der Waals surface area contributed by atoms with Gasteiger partial charge in [0.1, 0.15) is 6.29 Å². The molecule has 0 unspecified atom stereocenters. The Kier molecular flexibility index (Phi) is 3.63. The van der Waals surface area contributed by atoms with E-state index in [-0.39, 0.29) is 5.91 Å². The van der Waals surface area contributed by atoms with Gasteiger partial charge in [0.25, 0.3) is 0 Å². The van der Waals surface area contributed by atoms with Gasteiger partial charge in [-0.2, -0.15) is 0 Å². The number of rotatable bonds is 5. The van der Waals surface area contributed by atoms with Crippen LogP contribution >= 0.6 is 0 Å². The van der Waals surface area contributed by atoms with Gasteiger partial charge in [-0.1, -0.05) is 6.08 Å². The highest BCUT2D eigenvalue weighted by atomic mass is 16.2. The van der Waals surface area contributed by atoms with E-state index in [0.29, 0.717) is 0 Å². The van der Waals surface area contributed by atoms with Crippen LogP contribution in [0.25, 0.3) is 0 Å². The maximum Gasteiger partial charge on any atom is 0.246 e. The van der Waals surface area contributed by atoms with E-state index in [4.69, 9.17) is 0 Å². The zero-order chi connectivity index (χ0) is 11.5. The van der Waals surface area contributed by atoms with Crippen molar-refractivity contribution in [3.8, 4) is 0 Å². The van der Waals surface area contributed by atoms with Crippen LogP contribution in [-0.4, -0.2) is 55.2 Å². The quantitative estimate of drug-likeness (QED) is 0.484. The van der Waals surface area contributed by atoms with Gasteiger partial charge in [-0.3, -0.25) is 4.79 Å². The first-order valence-electron chi connectivity index (χ1n) is 5.07. The molecule has 84 valence electrons. The summed E-state index contributed by atoms with van der Waals surface area (Å²) in [6, 6.07) is 0. The first-order valence-corrected chi connectivity index (χ1v) is 5.07. The van der Waals surface area contributed by atoms with Gasteiger partial charge in [0, 0.05) is 19.7 Å². The monoisotopic (exact) mass is 210 g/mol. The first-order chi connectivity index (χ1) is 7.02. The molecule has 4 nitrogen and oxygen atoms in total. The van der Waals surface area contributed by atoms with Gasteiger partial charge in [-0.25, -0.2) is 0 Å². The van der Waals surface area contributed by atoms with Crippen molar-refractivity contribution in [2.24, 2.45) is 0 Å². The summed E-state index contributed by atoms with van der Waals surface area (Å²) in [6.45, 7) is 0.730. The van der Waals surface area contributed by atoms with Gasteiger partial charge < -0.3 is 14.6 Å². The predicted molar refractivity (Wildman–Crippen MR) is 58.5 cm³/mol. The van der Waals surface area contributed by atoms with Crippen LogP contribution in [0.5, 0.6) is 0 Å². The number of hydrogen-bond donors (Lipinski definition) is 0. The molecule has 0 aliphatic heterocycles. The predicted octanol–water partition coefficient (Wildman–Crippen LogP) is 0.294. The molecule has 0 heterocycles. The second-order valence-corrected chi connectivity index (χ2v) is 4.28. The van der Waals surface area contributed by atoms with E-state index in [9.17, 15) is 9.59 Å². The molecule has 0 atom stereocenters. The summed E-state index contributed by atoms with van der Waals surface area (Å²) < 4.78 is 0. The molecule has 0 spiro atoms. The Bertz CT molecular complexity index is 280. The maximum absolute atomic E-state index is 11.6. The Balaban J connectivity index is 2.47. The zero-order valence-corrected chi connectivity index (χ0v) is 9.56.